The lowest BCUT2D eigenvalue weighted by Crippen LogP contribution is -2.28. The van der Waals surface area contributed by atoms with Crippen LogP contribution in [0.15, 0.2) is 48.8 Å². The molecule has 1 aromatic carbocycles. The third-order valence-corrected chi connectivity index (χ3v) is 2.88. The highest BCUT2D eigenvalue weighted by Crippen LogP contribution is 2.21. The van der Waals surface area contributed by atoms with E-state index in [1.165, 1.54) is 0 Å². The van der Waals surface area contributed by atoms with Crippen LogP contribution in [0, 0.1) is 6.92 Å². The summed E-state index contributed by atoms with van der Waals surface area (Å²) in [6.07, 6.45) is 3.48. The molecule has 0 aliphatic rings. The van der Waals surface area contributed by atoms with Crippen molar-refractivity contribution in [2.24, 2.45) is 0 Å². The monoisotopic (exact) mass is 240 g/mol. The molecule has 3 heteroatoms. The lowest BCUT2D eigenvalue weighted by molar-refractivity contribution is -0.116. The smallest absolute Gasteiger partial charge is 0.224 e. The van der Waals surface area contributed by atoms with Crippen LogP contribution < -0.4 is 4.90 Å². The van der Waals surface area contributed by atoms with E-state index in [1.54, 1.807) is 24.2 Å². The molecule has 0 fully saturated rings. The van der Waals surface area contributed by atoms with Crippen LogP contribution in [0.5, 0.6) is 0 Å². The summed E-state index contributed by atoms with van der Waals surface area (Å²) in [5.41, 5.74) is 3.13. The molecular weight excluding hydrogens is 224 g/mol. The average Bonchev–Trinajstić information content (AvgIpc) is 2.38. The SMILES string of the molecule is CC(=O)N(Cc1ccncc1)c1ccccc1C. The average molecular weight is 240 g/mol. The molecule has 0 unspecified atom stereocenters. The van der Waals surface area contributed by atoms with Gasteiger partial charge in [-0.3, -0.25) is 9.78 Å². The summed E-state index contributed by atoms with van der Waals surface area (Å²) >= 11 is 0. The van der Waals surface area contributed by atoms with Crippen molar-refractivity contribution in [3.05, 3.63) is 59.9 Å². The van der Waals surface area contributed by atoms with Crippen LogP contribution in [0.4, 0.5) is 5.69 Å². The zero-order chi connectivity index (χ0) is 13.0. The number of amides is 1. The second-order valence-electron chi connectivity index (χ2n) is 4.25. The molecule has 1 amide bonds. The minimum absolute atomic E-state index is 0.0427. The third kappa shape index (κ3) is 2.74. The first-order valence-electron chi connectivity index (χ1n) is 5.91. The van der Waals surface area contributed by atoms with Gasteiger partial charge in [-0.05, 0) is 36.2 Å². The van der Waals surface area contributed by atoms with E-state index < -0.39 is 0 Å². The Balaban J connectivity index is 2.30. The number of rotatable bonds is 3. The van der Waals surface area contributed by atoms with Crippen LogP contribution in [-0.2, 0) is 11.3 Å². The van der Waals surface area contributed by atoms with Crippen molar-refractivity contribution in [3.8, 4) is 0 Å². The Kier molecular flexibility index (Phi) is 3.72. The van der Waals surface area contributed by atoms with Gasteiger partial charge < -0.3 is 4.90 Å². The number of carbonyl (C=O) groups excluding carboxylic acids is 1. The Morgan fingerprint density at radius 1 is 1.17 bits per heavy atom. The highest BCUT2D eigenvalue weighted by atomic mass is 16.2. The Morgan fingerprint density at radius 2 is 1.83 bits per heavy atom. The molecule has 0 saturated heterocycles. The molecule has 92 valence electrons. The van der Waals surface area contributed by atoms with Crippen LogP contribution >= 0.6 is 0 Å². The number of carbonyl (C=O) groups is 1. The second-order valence-corrected chi connectivity index (χ2v) is 4.25. The van der Waals surface area contributed by atoms with Crippen LogP contribution in [-0.4, -0.2) is 10.9 Å². The summed E-state index contributed by atoms with van der Waals surface area (Å²) in [5.74, 6) is 0.0427. The summed E-state index contributed by atoms with van der Waals surface area (Å²) in [6, 6.07) is 11.8. The van der Waals surface area contributed by atoms with Gasteiger partial charge in [0, 0.05) is 25.0 Å². The topological polar surface area (TPSA) is 33.2 Å². The maximum atomic E-state index is 11.8. The zero-order valence-electron chi connectivity index (χ0n) is 10.6. The van der Waals surface area contributed by atoms with Crippen LogP contribution in [0.3, 0.4) is 0 Å². The molecule has 3 nitrogen and oxygen atoms in total. The predicted octanol–water partition coefficient (Wildman–Crippen LogP) is 2.94. The van der Waals surface area contributed by atoms with E-state index in [1.807, 2.05) is 43.3 Å². The van der Waals surface area contributed by atoms with Gasteiger partial charge >= 0.3 is 0 Å². The number of hydrogen-bond acceptors (Lipinski definition) is 2. The minimum Gasteiger partial charge on any atom is -0.308 e. The Labute approximate surface area is 107 Å². The summed E-state index contributed by atoms with van der Waals surface area (Å²) in [7, 11) is 0. The number of aryl methyl sites for hydroxylation is 1. The van der Waals surface area contributed by atoms with Gasteiger partial charge in [0.05, 0.1) is 6.54 Å². The van der Waals surface area contributed by atoms with Gasteiger partial charge in [-0.2, -0.15) is 0 Å². The number of hydrogen-bond donors (Lipinski definition) is 0. The summed E-state index contributed by atoms with van der Waals surface area (Å²) in [4.78, 5) is 17.6. The molecule has 0 aliphatic carbocycles. The number of anilines is 1. The third-order valence-electron chi connectivity index (χ3n) is 2.88. The van der Waals surface area contributed by atoms with Crippen molar-refractivity contribution in [1.82, 2.24) is 4.98 Å². The molecule has 2 aromatic rings. The molecular formula is C15H16N2O. The molecule has 1 aromatic heterocycles. The van der Waals surface area contributed by atoms with Gasteiger partial charge in [0.15, 0.2) is 0 Å². The zero-order valence-corrected chi connectivity index (χ0v) is 10.6. The standard InChI is InChI=1S/C15H16N2O/c1-12-5-3-4-6-15(12)17(13(2)18)11-14-7-9-16-10-8-14/h3-10H,11H2,1-2H3. The van der Waals surface area contributed by atoms with E-state index in [0.29, 0.717) is 6.54 Å². The molecule has 0 bridgehead atoms. The van der Waals surface area contributed by atoms with Gasteiger partial charge in [-0.25, -0.2) is 0 Å². The van der Waals surface area contributed by atoms with Crippen molar-refractivity contribution < 1.29 is 4.79 Å². The lowest BCUT2D eigenvalue weighted by atomic mass is 10.1. The Hall–Kier alpha value is -2.16. The number of para-hydroxylation sites is 1. The predicted molar refractivity (Wildman–Crippen MR) is 72.3 cm³/mol. The molecule has 1 heterocycles. The number of benzene rings is 1. The minimum atomic E-state index is 0.0427. The van der Waals surface area contributed by atoms with E-state index in [4.69, 9.17) is 0 Å². The van der Waals surface area contributed by atoms with Crippen molar-refractivity contribution in [3.63, 3.8) is 0 Å². The Morgan fingerprint density at radius 3 is 2.44 bits per heavy atom. The first-order valence-corrected chi connectivity index (χ1v) is 5.91. The number of pyridine rings is 1. The lowest BCUT2D eigenvalue weighted by Gasteiger charge is -2.23. The normalized spacial score (nSPS) is 10.1. The first-order chi connectivity index (χ1) is 8.68. The van der Waals surface area contributed by atoms with Crippen molar-refractivity contribution in [2.45, 2.75) is 20.4 Å². The van der Waals surface area contributed by atoms with E-state index >= 15 is 0 Å². The molecule has 0 radical (unpaired) electrons. The van der Waals surface area contributed by atoms with E-state index in [2.05, 4.69) is 4.98 Å². The summed E-state index contributed by atoms with van der Waals surface area (Å²) in [6.45, 7) is 4.17. The quantitative estimate of drug-likeness (QED) is 0.826. The largest absolute Gasteiger partial charge is 0.308 e. The van der Waals surface area contributed by atoms with Gasteiger partial charge in [0.2, 0.25) is 5.91 Å². The first kappa shape index (κ1) is 12.3. The fourth-order valence-corrected chi connectivity index (χ4v) is 1.90. The molecule has 0 atom stereocenters. The van der Waals surface area contributed by atoms with E-state index in [0.717, 1.165) is 16.8 Å². The number of nitrogens with zero attached hydrogens (tertiary/aromatic N) is 2. The molecule has 2 rings (SSSR count). The highest BCUT2D eigenvalue weighted by molar-refractivity contribution is 5.92. The molecule has 0 saturated carbocycles. The van der Waals surface area contributed by atoms with E-state index in [-0.39, 0.29) is 5.91 Å². The highest BCUT2D eigenvalue weighted by Gasteiger charge is 2.13. The number of aromatic nitrogens is 1. The molecule has 0 aliphatic heterocycles. The molecule has 0 N–H and O–H groups in total. The van der Waals surface area contributed by atoms with Crippen LogP contribution in [0.25, 0.3) is 0 Å². The van der Waals surface area contributed by atoms with Gasteiger partial charge in [-0.15, -0.1) is 0 Å². The van der Waals surface area contributed by atoms with Gasteiger partial charge in [0.1, 0.15) is 0 Å². The molecule has 18 heavy (non-hydrogen) atoms. The van der Waals surface area contributed by atoms with Crippen molar-refractivity contribution in [1.29, 1.82) is 0 Å². The maximum Gasteiger partial charge on any atom is 0.224 e. The Bertz CT molecular complexity index is 537. The van der Waals surface area contributed by atoms with Crippen LogP contribution in [0.1, 0.15) is 18.1 Å². The van der Waals surface area contributed by atoms with Gasteiger partial charge in [0.25, 0.3) is 0 Å². The maximum absolute atomic E-state index is 11.8. The van der Waals surface area contributed by atoms with Gasteiger partial charge in [-0.1, -0.05) is 18.2 Å². The summed E-state index contributed by atoms with van der Waals surface area (Å²) in [5, 5.41) is 0. The van der Waals surface area contributed by atoms with E-state index in [9.17, 15) is 4.79 Å². The fourth-order valence-electron chi connectivity index (χ4n) is 1.90. The van der Waals surface area contributed by atoms with Crippen molar-refractivity contribution >= 4 is 11.6 Å². The second kappa shape index (κ2) is 5.45. The van der Waals surface area contributed by atoms with Crippen LogP contribution in [0.2, 0.25) is 0 Å². The molecule has 0 spiro atoms. The fraction of sp³-hybridized carbons (Fsp3) is 0.200. The summed E-state index contributed by atoms with van der Waals surface area (Å²) < 4.78 is 0. The van der Waals surface area contributed by atoms with Crippen molar-refractivity contribution in [2.75, 3.05) is 4.90 Å².